The minimum Gasteiger partial charge on any atom is -0.494 e. The number of rotatable bonds is 7. The molecule has 0 N–H and O–H groups in total. The van der Waals surface area contributed by atoms with Gasteiger partial charge in [0.2, 0.25) is 5.91 Å². The molecule has 0 atom stereocenters. The first-order chi connectivity index (χ1) is 16.7. The van der Waals surface area contributed by atoms with Gasteiger partial charge in [-0.3, -0.25) is 4.79 Å². The molecule has 0 unspecified atom stereocenters. The molecule has 2 aliphatic rings. The molecule has 5 rings (SSSR count). The number of carbonyl (C=O) groups is 1. The van der Waals surface area contributed by atoms with Crippen molar-refractivity contribution in [2.24, 2.45) is 5.92 Å². The number of amides is 1. The zero-order valence-corrected chi connectivity index (χ0v) is 19.9. The van der Waals surface area contributed by atoms with Crippen molar-refractivity contribution < 1.29 is 9.53 Å². The van der Waals surface area contributed by atoms with E-state index in [1.165, 1.54) is 32.1 Å². The molecule has 1 aliphatic heterocycles. The van der Waals surface area contributed by atoms with Crippen LogP contribution in [0.4, 0.5) is 5.82 Å². The van der Waals surface area contributed by atoms with E-state index in [1.54, 1.807) is 11.0 Å². The molecule has 1 aliphatic carbocycles. The van der Waals surface area contributed by atoms with Crippen molar-refractivity contribution in [3.05, 3.63) is 30.6 Å². The molecule has 0 radical (unpaired) electrons. The minimum atomic E-state index is 0.291. The molecule has 1 aromatic carbocycles. The summed E-state index contributed by atoms with van der Waals surface area (Å²) in [7, 11) is 0. The van der Waals surface area contributed by atoms with Gasteiger partial charge >= 0.3 is 0 Å². The molecule has 1 saturated carbocycles. The number of aromatic nitrogens is 5. The highest BCUT2D eigenvalue weighted by atomic mass is 16.5. The molecule has 9 heteroatoms. The molecular formula is C25H33N7O2. The lowest BCUT2D eigenvalue weighted by Crippen LogP contribution is -2.49. The fraction of sp³-hybridized carbons (Fsp3) is 0.560. The normalized spacial score (nSPS) is 17.3. The van der Waals surface area contributed by atoms with Gasteiger partial charge in [0.05, 0.1) is 12.3 Å². The molecule has 2 fully saturated rings. The Kier molecular flexibility index (Phi) is 6.87. The van der Waals surface area contributed by atoms with E-state index in [0.717, 1.165) is 42.7 Å². The zero-order valence-electron chi connectivity index (χ0n) is 19.9. The second-order valence-electron chi connectivity index (χ2n) is 9.21. The van der Waals surface area contributed by atoms with Crippen LogP contribution in [0.25, 0.3) is 16.9 Å². The van der Waals surface area contributed by atoms with E-state index in [0.29, 0.717) is 43.2 Å². The summed E-state index contributed by atoms with van der Waals surface area (Å²) in [5.74, 6) is 2.62. The fourth-order valence-corrected chi connectivity index (χ4v) is 5.12. The van der Waals surface area contributed by atoms with E-state index < -0.39 is 0 Å². The van der Waals surface area contributed by atoms with Crippen LogP contribution >= 0.6 is 0 Å². The van der Waals surface area contributed by atoms with Crippen molar-refractivity contribution >= 4 is 22.9 Å². The number of nitrogens with zero attached hydrogens (tertiary/aromatic N) is 7. The summed E-state index contributed by atoms with van der Waals surface area (Å²) in [6.45, 7) is 5.48. The van der Waals surface area contributed by atoms with Crippen molar-refractivity contribution in [1.82, 2.24) is 29.9 Å². The van der Waals surface area contributed by atoms with Gasteiger partial charge in [0.15, 0.2) is 17.0 Å². The van der Waals surface area contributed by atoms with Crippen molar-refractivity contribution in [2.75, 3.05) is 37.7 Å². The lowest BCUT2D eigenvalue weighted by Gasteiger charge is -2.35. The highest BCUT2D eigenvalue weighted by Crippen LogP contribution is 2.28. The number of fused-ring (bicyclic) bond motifs is 1. The number of carbonyl (C=O) groups excluding carboxylic acids is 1. The summed E-state index contributed by atoms with van der Waals surface area (Å²) >= 11 is 0. The summed E-state index contributed by atoms with van der Waals surface area (Å²) in [4.78, 5) is 25.9. The molecule has 3 heterocycles. The lowest BCUT2D eigenvalue weighted by atomic mass is 9.86. The Bertz CT molecular complexity index is 1100. The Balaban J connectivity index is 1.23. The maximum absolute atomic E-state index is 12.8. The zero-order chi connectivity index (χ0) is 23.3. The van der Waals surface area contributed by atoms with Crippen LogP contribution in [-0.4, -0.2) is 68.6 Å². The second-order valence-corrected chi connectivity index (χ2v) is 9.21. The Morgan fingerprint density at radius 2 is 1.79 bits per heavy atom. The predicted octanol–water partition coefficient (Wildman–Crippen LogP) is 3.62. The molecule has 0 bridgehead atoms. The third kappa shape index (κ3) is 4.83. The highest BCUT2D eigenvalue weighted by molar-refractivity contribution is 5.84. The number of ether oxygens (including phenoxy) is 1. The average Bonchev–Trinajstić information content (AvgIpc) is 3.33. The first-order valence-corrected chi connectivity index (χ1v) is 12.6. The van der Waals surface area contributed by atoms with E-state index in [9.17, 15) is 4.79 Å². The van der Waals surface area contributed by atoms with Crippen LogP contribution in [0.1, 0.15) is 51.9 Å². The Hall–Kier alpha value is -3.23. The third-order valence-electron chi connectivity index (χ3n) is 7.03. The van der Waals surface area contributed by atoms with Gasteiger partial charge in [0, 0.05) is 32.6 Å². The van der Waals surface area contributed by atoms with Gasteiger partial charge in [0.25, 0.3) is 0 Å². The Morgan fingerprint density at radius 1 is 1.03 bits per heavy atom. The van der Waals surface area contributed by atoms with E-state index in [1.807, 2.05) is 36.1 Å². The molecule has 0 spiro atoms. The number of hydrogen-bond acceptors (Lipinski definition) is 7. The van der Waals surface area contributed by atoms with E-state index >= 15 is 0 Å². The maximum atomic E-state index is 12.8. The first kappa shape index (κ1) is 22.6. The average molecular weight is 464 g/mol. The molecular weight excluding hydrogens is 430 g/mol. The highest BCUT2D eigenvalue weighted by Gasteiger charge is 2.25. The van der Waals surface area contributed by atoms with Crippen LogP contribution in [-0.2, 0) is 4.79 Å². The molecule has 9 nitrogen and oxygen atoms in total. The van der Waals surface area contributed by atoms with Gasteiger partial charge in [-0.1, -0.05) is 37.3 Å². The number of anilines is 1. The summed E-state index contributed by atoms with van der Waals surface area (Å²) in [5.41, 5.74) is 2.21. The Morgan fingerprint density at radius 3 is 2.53 bits per heavy atom. The predicted molar refractivity (Wildman–Crippen MR) is 130 cm³/mol. The van der Waals surface area contributed by atoms with Crippen molar-refractivity contribution in [1.29, 1.82) is 0 Å². The van der Waals surface area contributed by atoms with Crippen LogP contribution < -0.4 is 9.64 Å². The number of piperazine rings is 1. The SMILES string of the molecule is CCOc1ccc(-n2nnc3c(N4CCN(C(=O)CCC5CCCCC5)CC4)ncnc32)cc1. The first-order valence-electron chi connectivity index (χ1n) is 12.6. The topological polar surface area (TPSA) is 89.3 Å². The molecule has 1 amide bonds. The summed E-state index contributed by atoms with van der Waals surface area (Å²) in [6, 6.07) is 7.72. The molecule has 34 heavy (non-hydrogen) atoms. The largest absolute Gasteiger partial charge is 0.494 e. The van der Waals surface area contributed by atoms with Gasteiger partial charge in [0.1, 0.15) is 12.1 Å². The van der Waals surface area contributed by atoms with Gasteiger partial charge in [-0.05, 0) is 43.5 Å². The monoisotopic (exact) mass is 463 g/mol. The quantitative estimate of drug-likeness (QED) is 0.529. The molecule has 3 aromatic rings. The molecule has 1 saturated heterocycles. The summed E-state index contributed by atoms with van der Waals surface area (Å²) in [6.07, 6.45) is 9.88. The van der Waals surface area contributed by atoms with Gasteiger partial charge in [-0.25, -0.2) is 9.97 Å². The summed E-state index contributed by atoms with van der Waals surface area (Å²) in [5, 5.41) is 8.74. The van der Waals surface area contributed by atoms with Crippen LogP contribution in [0.3, 0.4) is 0 Å². The fourth-order valence-electron chi connectivity index (χ4n) is 5.12. The minimum absolute atomic E-state index is 0.291. The second kappa shape index (κ2) is 10.4. The summed E-state index contributed by atoms with van der Waals surface area (Å²) < 4.78 is 7.25. The van der Waals surface area contributed by atoms with E-state index in [2.05, 4.69) is 25.2 Å². The molecule has 2 aromatic heterocycles. The van der Waals surface area contributed by atoms with Gasteiger partial charge < -0.3 is 14.5 Å². The lowest BCUT2D eigenvalue weighted by molar-refractivity contribution is -0.131. The van der Waals surface area contributed by atoms with Crippen molar-refractivity contribution in [3.63, 3.8) is 0 Å². The van der Waals surface area contributed by atoms with Crippen molar-refractivity contribution in [2.45, 2.75) is 51.9 Å². The van der Waals surface area contributed by atoms with Crippen LogP contribution in [0, 0.1) is 5.92 Å². The Labute approximate surface area is 200 Å². The number of benzene rings is 1. The van der Waals surface area contributed by atoms with E-state index in [4.69, 9.17) is 4.74 Å². The standard InChI is InChI=1S/C25H33N7O2/c1-2-34-21-11-9-20(10-12-21)32-25-23(28-29-32)24(26-18-27-25)31-16-14-30(15-17-31)22(33)13-8-19-6-4-3-5-7-19/h9-12,18-19H,2-8,13-17H2,1H3. The van der Waals surface area contributed by atoms with Crippen LogP contribution in [0.5, 0.6) is 5.75 Å². The third-order valence-corrected chi connectivity index (χ3v) is 7.03. The van der Waals surface area contributed by atoms with Gasteiger partial charge in [-0.2, -0.15) is 4.68 Å². The van der Waals surface area contributed by atoms with Crippen LogP contribution in [0.15, 0.2) is 30.6 Å². The van der Waals surface area contributed by atoms with Crippen LogP contribution in [0.2, 0.25) is 0 Å². The van der Waals surface area contributed by atoms with Crippen molar-refractivity contribution in [3.8, 4) is 11.4 Å². The number of hydrogen-bond donors (Lipinski definition) is 0. The van der Waals surface area contributed by atoms with Gasteiger partial charge in [-0.15, -0.1) is 5.10 Å². The molecule has 180 valence electrons. The smallest absolute Gasteiger partial charge is 0.222 e. The van der Waals surface area contributed by atoms with E-state index in [-0.39, 0.29) is 0 Å². The maximum Gasteiger partial charge on any atom is 0.222 e.